The van der Waals surface area contributed by atoms with E-state index in [1.54, 1.807) is 26.2 Å². The van der Waals surface area contributed by atoms with Gasteiger partial charge in [-0.25, -0.2) is 9.37 Å². The van der Waals surface area contributed by atoms with Crippen molar-refractivity contribution in [2.45, 2.75) is 6.92 Å². The summed E-state index contributed by atoms with van der Waals surface area (Å²) in [7, 11) is 1.64. The van der Waals surface area contributed by atoms with Gasteiger partial charge in [0.1, 0.15) is 11.6 Å². The Labute approximate surface area is 119 Å². The lowest BCUT2D eigenvalue weighted by atomic mass is 10.1. The number of pyridine rings is 1. The van der Waals surface area contributed by atoms with Crippen LogP contribution in [-0.4, -0.2) is 17.9 Å². The summed E-state index contributed by atoms with van der Waals surface area (Å²) < 4.78 is 14.0. The first-order valence-corrected chi connectivity index (χ1v) is 6.44. The summed E-state index contributed by atoms with van der Waals surface area (Å²) in [6, 6.07) is 7.85. The van der Waals surface area contributed by atoms with Gasteiger partial charge in [0.2, 0.25) is 0 Å². The molecule has 1 heterocycles. The van der Waals surface area contributed by atoms with Crippen LogP contribution in [0.2, 0.25) is 0 Å². The van der Waals surface area contributed by atoms with Gasteiger partial charge >= 0.3 is 0 Å². The van der Waals surface area contributed by atoms with E-state index in [0.717, 1.165) is 4.47 Å². The molecule has 0 aliphatic heterocycles. The van der Waals surface area contributed by atoms with E-state index >= 15 is 0 Å². The van der Waals surface area contributed by atoms with E-state index in [1.165, 1.54) is 23.1 Å². The molecule has 0 aliphatic carbocycles. The van der Waals surface area contributed by atoms with Crippen molar-refractivity contribution in [1.29, 1.82) is 0 Å². The standard InChI is InChI=1S/C14H12BrFN2O/c1-9-7-10(3-5-12(9)16)14(19)18(2)13-6-4-11(15)8-17-13/h3-8H,1-2H3. The second-order valence-electron chi connectivity index (χ2n) is 4.16. The SMILES string of the molecule is Cc1cc(C(=O)N(C)c2ccc(Br)cn2)ccc1F. The smallest absolute Gasteiger partial charge is 0.259 e. The van der Waals surface area contributed by atoms with Crippen molar-refractivity contribution in [3.8, 4) is 0 Å². The first-order chi connectivity index (χ1) is 8.99. The Morgan fingerprint density at radius 1 is 1.32 bits per heavy atom. The molecule has 0 saturated carbocycles. The number of halogens is 2. The molecular formula is C14H12BrFN2O. The minimum absolute atomic E-state index is 0.224. The maximum atomic E-state index is 13.2. The highest BCUT2D eigenvalue weighted by Gasteiger charge is 2.15. The molecule has 5 heteroatoms. The number of nitrogens with zero attached hydrogens (tertiary/aromatic N) is 2. The normalized spacial score (nSPS) is 10.3. The van der Waals surface area contributed by atoms with Crippen LogP contribution in [0.5, 0.6) is 0 Å². The Hall–Kier alpha value is -1.75. The topological polar surface area (TPSA) is 33.2 Å². The molecule has 0 fully saturated rings. The minimum atomic E-state index is -0.319. The predicted molar refractivity (Wildman–Crippen MR) is 75.8 cm³/mol. The van der Waals surface area contributed by atoms with Gasteiger partial charge in [0.05, 0.1) is 0 Å². The number of hydrogen-bond acceptors (Lipinski definition) is 2. The highest BCUT2D eigenvalue weighted by atomic mass is 79.9. The fourth-order valence-electron chi connectivity index (χ4n) is 1.64. The number of anilines is 1. The maximum Gasteiger partial charge on any atom is 0.259 e. The van der Waals surface area contributed by atoms with Crippen LogP contribution < -0.4 is 4.90 Å². The third kappa shape index (κ3) is 2.98. The highest BCUT2D eigenvalue weighted by Crippen LogP contribution is 2.17. The molecule has 3 nitrogen and oxygen atoms in total. The summed E-state index contributed by atoms with van der Waals surface area (Å²) in [5.74, 6) is -0.00549. The molecule has 2 rings (SSSR count). The fourth-order valence-corrected chi connectivity index (χ4v) is 1.88. The minimum Gasteiger partial charge on any atom is -0.296 e. The average molecular weight is 323 g/mol. The number of benzene rings is 1. The van der Waals surface area contributed by atoms with Crippen LogP contribution in [0.1, 0.15) is 15.9 Å². The zero-order chi connectivity index (χ0) is 14.0. The number of hydrogen-bond donors (Lipinski definition) is 0. The van der Waals surface area contributed by atoms with E-state index in [2.05, 4.69) is 20.9 Å². The molecule has 98 valence electrons. The number of carbonyl (C=O) groups is 1. The molecule has 1 amide bonds. The van der Waals surface area contributed by atoms with Crippen LogP contribution in [-0.2, 0) is 0 Å². The first-order valence-electron chi connectivity index (χ1n) is 5.65. The van der Waals surface area contributed by atoms with E-state index in [1.807, 2.05) is 6.07 Å². The van der Waals surface area contributed by atoms with E-state index in [4.69, 9.17) is 0 Å². The molecule has 1 aromatic carbocycles. The van der Waals surface area contributed by atoms with Gasteiger partial charge in [-0.1, -0.05) is 0 Å². The number of carbonyl (C=O) groups excluding carboxylic acids is 1. The van der Waals surface area contributed by atoms with Crippen molar-refractivity contribution in [1.82, 2.24) is 4.98 Å². The Bertz CT molecular complexity index is 613. The predicted octanol–water partition coefficient (Wildman–Crippen LogP) is 3.57. The lowest BCUT2D eigenvalue weighted by Gasteiger charge is -2.16. The zero-order valence-electron chi connectivity index (χ0n) is 10.5. The molecule has 19 heavy (non-hydrogen) atoms. The molecule has 0 aliphatic rings. The lowest BCUT2D eigenvalue weighted by molar-refractivity contribution is 0.0992. The van der Waals surface area contributed by atoms with Crippen molar-refractivity contribution in [3.63, 3.8) is 0 Å². The summed E-state index contributed by atoms with van der Waals surface area (Å²) in [6.45, 7) is 1.63. The third-order valence-electron chi connectivity index (χ3n) is 2.76. The van der Waals surface area contributed by atoms with Gasteiger partial charge in [0.25, 0.3) is 5.91 Å². The van der Waals surface area contributed by atoms with Crippen LogP contribution in [0.25, 0.3) is 0 Å². The van der Waals surface area contributed by atoms with Crippen LogP contribution >= 0.6 is 15.9 Å². The Kier molecular flexibility index (Phi) is 3.95. The molecule has 1 aromatic heterocycles. The van der Waals surface area contributed by atoms with E-state index in [-0.39, 0.29) is 11.7 Å². The second-order valence-corrected chi connectivity index (χ2v) is 5.08. The lowest BCUT2D eigenvalue weighted by Crippen LogP contribution is -2.27. The summed E-state index contributed by atoms with van der Waals surface area (Å²) >= 11 is 3.29. The van der Waals surface area contributed by atoms with Gasteiger partial charge < -0.3 is 0 Å². The molecule has 0 N–H and O–H groups in total. The van der Waals surface area contributed by atoms with Crippen molar-refractivity contribution in [2.75, 3.05) is 11.9 Å². The first kappa shape index (κ1) is 13.7. The average Bonchev–Trinajstić information content (AvgIpc) is 2.41. The maximum absolute atomic E-state index is 13.2. The summed E-state index contributed by atoms with van der Waals surface area (Å²) in [5, 5.41) is 0. The van der Waals surface area contributed by atoms with E-state index in [9.17, 15) is 9.18 Å². The van der Waals surface area contributed by atoms with Crippen LogP contribution in [0.15, 0.2) is 41.0 Å². The molecule has 0 radical (unpaired) electrons. The van der Waals surface area contributed by atoms with Crippen molar-refractivity contribution in [2.24, 2.45) is 0 Å². The quantitative estimate of drug-likeness (QED) is 0.846. The van der Waals surface area contributed by atoms with Crippen LogP contribution in [0, 0.1) is 12.7 Å². The number of aryl methyl sites for hydroxylation is 1. The number of aromatic nitrogens is 1. The Morgan fingerprint density at radius 2 is 2.05 bits per heavy atom. The number of rotatable bonds is 2. The van der Waals surface area contributed by atoms with Gasteiger partial charge in [0.15, 0.2) is 0 Å². The van der Waals surface area contributed by atoms with Gasteiger partial charge in [-0.2, -0.15) is 0 Å². The van der Waals surface area contributed by atoms with Gasteiger partial charge in [-0.3, -0.25) is 9.69 Å². The van der Waals surface area contributed by atoms with Gasteiger partial charge in [0, 0.05) is 23.3 Å². The van der Waals surface area contributed by atoms with Gasteiger partial charge in [-0.05, 0) is 58.7 Å². The van der Waals surface area contributed by atoms with E-state index < -0.39 is 0 Å². The number of amides is 1. The summed E-state index contributed by atoms with van der Waals surface area (Å²) in [6.07, 6.45) is 1.62. The molecule has 0 spiro atoms. The summed E-state index contributed by atoms with van der Waals surface area (Å²) in [5.41, 5.74) is 0.883. The molecule has 0 saturated heterocycles. The Morgan fingerprint density at radius 3 is 2.63 bits per heavy atom. The molecule has 2 aromatic rings. The molecule has 0 unspecified atom stereocenters. The Balaban J connectivity index is 2.28. The van der Waals surface area contributed by atoms with Crippen LogP contribution in [0.4, 0.5) is 10.2 Å². The molecule has 0 bridgehead atoms. The summed E-state index contributed by atoms with van der Waals surface area (Å²) in [4.78, 5) is 17.8. The highest BCUT2D eigenvalue weighted by molar-refractivity contribution is 9.10. The third-order valence-corrected chi connectivity index (χ3v) is 3.23. The monoisotopic (exact) mass is 322 g/mol. The van der Waals surface area contributed by atoms with Crippen molar-refractivity contribution < 1.29 is 9.18 Å². The molecule has 0 atom stereocenters. The largest absolute Gasteiger partial charge is 0.296 e. The van der Waals surface area contributed by atoms with Crippen molar-refractivity contribution in [3.05, 3.63) is 57.9 Å². The second kappa shape index (κ2) is 5.48. The fraction of sp³-hybridized carbons (Fsp3) is 0.143. The van der Waals surface area contributed by atoms with Gasteiger partial charge in [-0.15, -0.1) is 0 Å². The van der Waals surface area contributed by atoms with E-state index in [0.29, 0.717) is 16.9 Å². The molecular weight excluding hydrogens is 311 g/mol. The van der Waals surface area contributed by atoms with Crippen molar-refractivity contribution >= 4 is 27.7 Å². The zero-order valence-corrected chi connectivity index (χ0v) is 12.1. The van der Waals surface area contributed by atoms with Crippen LogP contribution in [0.3, 0.4) is 0 Å².